The summed E-state index contributed by atoms with van der Waals surface area (Å²) in [5, 5.41) is 8.50. The topological polar surface area (TPSA) is 56.7 Å². The van der Waals surface area contributed by atoms with Crippen LogP contribution in [0.5, 0.6) is 0 Å². The Balaban J connectivity index is 2.08. The van der Waals surface area contributed by atoms with E-state index in [-0.39, 0.29) is 0 Å². The summed E-state index contributed by atoms with van der Waals surface area (Å²) in [5.41, 5.74) is 8.82. The predicted molar refractivity (Wildman–Crippen MR) is 69.3 cm³/mol. The van der Waals surface area contributed by atoms with Crippen molar-refractivity contribution in [2.24, 2.45) is 5.73 Å². The van der Waals surface area contributed by atoms with E-state index in [4.69, 9.17) is 5.73 Å². The third-order valence-corrected chi connectivity index (χ3v) is 3.47. The molecule has 3 rings (SSSR count). The average molecular weight is 293 g/mol. The minimum atomic E-state index is 0.478. The lowest BCUT2D eigenvalue weighted by Crippen LogP contribution is -2.08. The highest BCUT2D eigenvalue weighted by Gasteiger charge is 2.28. The average Bonchev–Trinajstić information content (AvgIpc) is 3.08. The Kier molecular flexibility index (Phi) is 2.72. The van der Waals surface area contributed by atoms with E-state index in [0.29, 0.717) is 12.6 Å². The standard InChI is InChI=1S/C12H13BrN4/c13-9-3-1-2-8(6-9)12-11(7-14)17(16-15-12)10-4-5-10/h1-3,6,10H,4-5,7,14H2. The monoisotopic (exact) mass is 292 g/mol. The van der Waals surface area contributed by atoms with E-state index in [0.717, 1.165) is 21.4 Å². The molecule has 2 N–H and O–H groups in total. The van der Waals surface area contributed by atoms with Crippen LogP contribution in [0.1, 0.15) is 24.6 Å². The van der Waals surface area contributed by atoms with Gasteiger partial charge in [-0.3, -0.25) is 0 Å². The van der Waals surface area contributed by atoms with Crippen LogP contribution in [0, 0.1) is 0 Å². The Morgan fingerprint density at radius 3 is 2.88 bits per heavy atom. The summed E-state index contributed by atoms with van der Waals surface area (Å²) < 4.78 is 3.02. The van der Waals surface area contributed by atoms with Gasteiger partial charge < -0.3 is 5.73 Å². The van der Waals surface area contributed by atoms with Crippen molar-refractivity contribution in [2.45, 2.75) is 25.4 Å². The second-order valence-electron chi connectivity index (χ2n) is 4.27. The number of nitrogens with zero attached hydrogens (tertiary/aromatic N) is 3. The lowest BCUT2D eigenvalue weighted by molar-refractivity contribution is 0.583. The van der Waals surface area contributed by atoms with E-state index in [1.165, 1.54) is 12.8 Å². The maximum atomic E-state index is 5.82. The Labute approximate surface area is 108 Å². The van der Waals surface area contributed by atoms with E-state index in [9.17, 15) is 0 Å². The molecule has 0 spiro atoms. The van der Waals surface area contributed by atoms with Crippen molar-refractivity contribution in [3.05, 3.63) is 34.4 Å². The molecule has 0 aliphatic heterocycles. The Morgan fingerprint density at radius 2 is 2.24 bits per heavy atom. The summed E-state index contributed by atoms with van der Waals surface area (Å²) in [7, 11) is 0. The number of aromatic nitrogens is 3. The highest BCUT2D eigenvalue weighted by atomic mass is 79.9. The third-order valence-electron chi connectivity index (χ3n) is 2.98. The van der Waals surface area contributed by atoms with Gasteiger partial charge in [0.15, 0.2) is 0 Å². The Hall–Kier alpha value is -1.20. The van der Waals surface area contributed by atoms with Gasteiger partial charge in [-0.15, -0.1) is 5.10 Å². The van der Waals surface area contributed by atoms with Gasteiger partial charge in [0.25, 0.3) is 0 Å². The van der Waals surface area contributed by atoms with Crippen LogP contribution in [0.3, 0.4) is 0 Å². The van der Waals surface area contributed by atoms with Gasteiger partial charge in [0.1, 0.15) is 5.69 Å². The summed E-state index contributed by atoms with van der Waals surface area (Å²) in [6, 6.07) is 8.58. The zero-order chi connectivity index (χ0) is 11.8. The molecule has 0 unspecified atom stereocenters. The first-order valence-electron chi connectivity index (χ1n) is 5.69. The van der Waals surface area contributed by atoms with Crippen molar-refractivity contribution >= 4 is 15.9 Å². The molecular weight excluding hydrogens is 280 g/mol. The normalized spacial score (nSPS) is 15.2. The zero-order valence-corrected chi connectivity index (χ0v) is 10.9. The van der Waals surface area contributed by atoms with Crippen molar-refractivity contribution < 1.29 is 0 Å². The van der Waals surface area contributed by atoms with Gasteiger partial charge in [-0.05, 0) is 25.0 Å². The molecule has 1 aliphatic rings. The van der Waals surface area contributed by atoms with Crippen LogP contribution in [0.4, 0.5) is 0 Å². The first kappa shape index (κ1) is 10.9. The first-order valence-corrected chi connectivity index (χ1v) is 6.49. The van der Waals surface area contributed by atoms with Crippen molar-refractivity contribution in [3.63, 3.8) is 0 Å². The van der Waals surface area contributed by atoms with Crippen LogP contribution in [0.15, 0.2) is 28.7 Å². The van der Waals surface area contributed by atoms with Gasteiger partial charge in [-0.25, -0.2) is 4.68 Å². The van der Waals surface area contributed by atoms with Crippen molar-refractivity contribution in [2.75, 3.05) is 0 Å². The second kappa shape index (κ2) is 4.23. The van der Waals surface area contributed by atoms with Crippen LogP contribution in [-0.4, -0.2) is 15.0 Å². The molecular formula is C12H13BrN4. The minimum Gasteiger partial charge on any atom is -0.325 e. The molecule has 1 aliphatic carbocycles. The van der Waals surface area contributed by atoms with Gasteiger partial charge in [0.05, 0.1) is 11.7 Å². The van der Waals surface area contributed by atoms with E-state index in [1.807, 2.05) is 28.9 Å². The molecule has 1 fully saturated rings. The molecule has 1 heterocycles. The molecule has 0 amide bonds. The van der Waals surface area contributed by atoms with Crippen LogP contribution in [0.2, 0.25) is 0 Å². The Morgan fingerprint density at radius 1 is 1.41 bits per heavy atom. The molecule has 0 atom stereocenters. The van der Waals surface area contributed by atoms with E-state index < -0.39 is 0 Å². The summed E-state index contributed by atoms with van der Waals surface area (Å²) >= 11 is 3.47. The molecule has 17 heavy (non-hydrogen) atoms. The molecule has 1 aromatic carbocycles. The fourth-order valence-corrected chi connectivity index (χ4v) is 2.38. The fraction of sp³-hybridized carbons (Fsp3) is 0.333. The summed E-state index contributed by atoms with van der Waals surface area (Å²) in [6.07, 6.45) is 2.38. The van der Waals surface area contributed by atoms with Crippen LogP contribution < -0.4 is 5.73 Å². The number of rotatable bonds is 3. The third kappa shape index (κ3) is 2.00. The molecule has 1 aromatic heterocycles. The van der Waals surface area contributed by atoms with Gasteiger partial charge in [0, 0.05) is 16.6 Å². The van der Waals surface area contributed by atoms with Crippen molar-refractivity contribution in [3.8, 4) is 11.3 Å². The number of nitrogens with two attached hydrogens (primary N) is 1. The van der Waals surface area contributed by atoms with E-state index in [2.05, 4.69) is 26.2 Å². The predicted octanol–water partition coefficient (Wildman–Crippen LogP) is 2.50. The van der Waals surface area contributed by atoms with Gasteiger partial charge in [-0.2, -0.15) is 0 Å². The van der Waals surface area contributed by atoms with Crippen LogP contribution >= 0.6 is 15.9 Å². The number of benzene rings is 1. The molecule has 0 saturated heterocycles. The molecule has 88 valence electrons. The number of hydrogen-bond donors (Lipinski definition) is 1. The Bertz CT molecular complexity index is 545. The molecule has 5 heteroatoms. The molecule has 4 nitrogen and oxygen atoms in total. The second-order valence-corrected chi connectivity index (χ2v) is 5.19. The highest BCUT2D eigenvalue weighted by molar-refractivity contribution is 9.10. The van der Waals surface area contributed by atoms with Gasteiger partial charge in [0.2, 0.25) is 0 Å². The zero-order valence-electron chi connectivity index (χ0n) is 9.31. The number of halogens is 1. The minimum absolute atomic E-state index is 0.478. The van der Waals surface area contributed by atoms with E-state index >= 15 is 0 Å². The molecule has 1 saturated carbocycles. The van der Waals surface area contributed by atoms with Crippen LogP contribution in [-0.2, 0) is 6.54 Å². The first-order chi connectivity index (χ1) is 8.29. The molecule has 2 aromatic rings. The quantitative estimate of drug-likeness (QED) is 0.946. The maximum absolute atomic E-state index is 5.82. The van der Waals surface area contributed by atoms with Crippen LogP contribution in [0.25, 0.3) is 11.3 Å². The SMILES string of the molecule is NCc1c(-c2cccc(Br)c2)nnn1C1CC1. The smallest absolute Gasteiger partial charge is 0.117 e. The molecule has 0 radical (unpaired) electrons. The fourth-order valence-electron chi connectivity index (χ4n) is 1.98. The summed E-state index contributed by atoms with van der Waals surface area (Å²) in [6.45, 7) is 0.478. The summed E-state index contributed by atoms with van der Waals surface area (Å²) in [5.74, 6) is 0. The molecule has 0 bridgehead atoms. The lowest BCUT2D eigenvalue weighted by Gasteiger charge is -2.04. The largest absolute Gasteiger partial charge is 0.325 e. The van der Waals surface area contributed by atoms with E-state index in [1.54, 1.807) is 0 Å². The highest BCUT2D eigenvalue weighted by Crippen LogP contribution is 2.37. The van der Waals surface area contributed by atoms with Gasteiger partial charge in [-0.1, -0.05) is 33.3 Å². The summed E-state index contributed by atoms with van der Waals surface area (Å²) in [4.78, 5) is 0. The van der Waals surface area contributed by atoms with Crippen molar-refractivity contribution in [1.29, 1.82) is 0 Å². The van der Waals surface area contributed by atoms with Crippen molar-refractivity contribution in [1.82, 2.24) is 15.0 Å². The number of hydrogen-bond acceptors (Lipinski definition) is 3. The van der Waals surface area contributed by atoms with Gasteiger partial charge >= 0.3 is 0 Å². The lowest BCUT2D eigenvalue weighted by atomic mass is 10.1. The maximum Gasteiger partial charge on any atom is 0.117 e.